The maximum absolute atomic E-state index is 4.85. The monoisotopic (exact) mass is 412 g/mol. The zero-order valence-corrected chi connectivity index (χ0v) is 18.1. The Morgan fingerprint density at radius 2 is 2.00 bits per heavy atom. The van der Waals surface area contributed by atoms with Crippen LogP contribution in [-0.2, 0) is 6.54 Å². The number of piperidine rings is 1. The van der Waals surface area contributed by atoms with E-state index in [-0.39, 0.29) is 0 Å². The summed E-state index contributed by atoms with van der Waals surface area (Å²) in [7, 11) is 0. The molecule has 2 aliphatic rings. The number of aliphatic imine (C=N–C) groups is 1. The molecule has 0 spiro atoms. The molecule has 2 fully saturated rings. The predicted molar refractivity (Wildman–Crippen MR) is 123 cm³/mol. The van der Waals surface area contributed by atoms with Crippen molar-refractivity contribution in [3.05, 3.63) is 41.4 Å². The Morgan fingerprint density at radius 3 is 2.72 bits per heavy atom. The average Bonchev–Trinajstić information content (AvgIpc) is 3.47. The highest BCUT2D eigenvalue weighted by Crippen LogP contribution is 2.25. The standard InChI is InChI=1S/C22H32N6S/c1-2-23-22(26-19-8-13-28(14-9-19)21-6-5-15-29-21)25-17-18-7-10-24-20(16-18)27-11-3-4-12-27/h5-7,10,15-16,19H,2-4,8-9,11-14,17H2,1H3,(H2,23,25,26). The van der Waals surface area contributed by atoms with Crippen molar-refractivity contribution < 1.29 is 0 Å². The van der Waals surface area contributed by atoms with E-state index >= 15 is 0 Å². The number of hydrogen-bond donors (Lipinski definition) is 2. The van der Waals surface area contributed by atoms with Gasteiger partial charge in [-0.25, -0.2) is 9.98 Å². The highest BCUT2D eigenvalue weighted by molar-refractivity contribution is 7.14. The predicted octanol–water partition coefficient (Wildman–Crippen LogP) is 3.47. The number of guanidine groups is 1. The van der Waals surface area contributed by atoms with Crippen LogP contribution in [0, 0.1) is 0 Å². The molecule has 2 aliphatic heterocycles. The molecule has 2 saturated heterocycles. The number of aromatic nitrogens is 1. The Bertz CT molecular complexity index is 776. The molecule has 0 radical (unpaired) electrons. The Kier molecular flexibility index (Phi) is 6.87. The summed E-state index contributed by atoms with van der Waals surface area (Å²) in [6.45, 7) is 8.10. The molecule has 2 aromatic rings. The Hall–Kier alpha value is -2.28. The first-order chi connectivity index (χ1) is 14.3. The first-order valence-electron chi connectivity index (χ1n) is 10.8. The molecule has 2 N–H and O–H groups in total. The van der Waals surface area contributed by atoms with Gasteiger partial charge in [-0.05, 0) is 67.8 Å². The maximum atomic E-state index is 4.85. The van der Waals surface area contributed by atoms with Crippen LogP contribution in [0.4, 0.5) is 10.8 Å². The number of hydrogen-bond acceptors (Lipinski definition) is 5. The quantitative estimate of drug-likeness (QED) is 0.562. The van der Waals surface area contributed by atoms with Crippen LogP contribution in [0.1, 0.15) is 38.2 Å². The summed E-state index contributed by atoms with van der Waals surface area (Å²) in [5.74, 6) is 2.01. The van der Waals surface area contributed by atoms with Crippen molar-refractivity contribution in [1.29, 1.82) is 0 Å². The fraction of sp³-hybridized carbons (Fsp3) is 0.545. The second kappa shape index (κ2) is 9.96. The third kappa shape index (κ3) is 5.41. The summed E-state index contributed by atoms with van der Waals surface area (Å²) in [5.41, 5.74) is 1.21. The van der Waals surface area contributed by atoms with Crippen molar-refractivity contribution >= 4 is 28.1 Å². The van der Waals surface area contributed by atoms with Gasteiger partial charge in [0.2, 0.25) is 0 Å². The lowest BCUT2D eigenvalue weighted by molar-refractivity contribution is 0.463. The normalized spacial score (nSPS) is 18.3. The molecular formula is C22H32N6S. The van der Waals surface area contributed by atoms with E-state index in [1.165, 1.54) is 23.4 Å². The summed E-state index contributed by atoms with van der Waals surface area (Å²) in [6, 6.07) is 9.09. The van der Waals surface area contributed by atoms with Gasteiger partial charge in [-0.1, -0.05) is 0 Å². The van der Waals surface area contributed by atoms with E-state index in [9.17, 15) is 0 Å². The molecule has 7 heteroatoms. The lowest BCUT2D eigenvalue weighted by Crippen LogP contribution is -2.48. The van der Waals surface area contributed by atoms with Gasteiger partial charge in [-0.15, -0.1) is 11.3 Å². The third-order valence-electron chi connectivity index (χ3n) is 5.66. The van der Waals surface area contributed by atoms with Crippen molar-refractivity contribution in [2.45, 2.75) is 45.2 Å². The number of anilines is 2. The molecule has 0 amide bonds. The minimum atomic E-state index is 0.474. The van der Waals surface area contributed by atoms with E-state index < -0.39 is 0 Å². The number of thiophene rings is 1. The Labute approximate surface area is 178 Å². The van der Waals surface area contributed by atoms with E-state index in [1.807, 2.05) is 17.5 Å². The summed E-state index contributed by atoms with van der Waals surface area (Å²) in [4.78, 5) is 14.3. The van der Waals surface area contributed by atoms with Gasteiger partial charge in [0.25, 0.3) is 0 Å². The third-order valence-corrected chi connectivity index (χ3v) is 6.59. The molecule has 0 atom stereocenters. The largest absolute Gasteiger partial charge is 0.363 e. The molecule has 2 aromatic heterocycles. The molecule has 0 bridgehead atoms. The summed E-state index contributed by atoms with van der Waals surface area (Å²) >= 11 is 1.83. The van der Waals surface area contributed by atoms with E-state index in [2.05, 4.69) is 62.0 Å². The van der Waals surface area contributed by atoms with Crippen molar-refractivity contribution in [2.24, 2.45) is 4.99 Å². The first kappa shape index (κ1) is 20.0. The molecular weight excluding hydrogens is 380 g/mol. The molecule has 156 valence electrons. The molecule has 29 heavy (non-hydrogen) atoms. The fourth-order valence-corrected chi connectivity index (χ4v) is 4.84. The van der Waals surface area contributed by atoms with Crippen molar-refractivity contribution in [2.75, 3.05) is 42.5 Å². The number of pyridine rings is 1. The summed E-state index contributed by atoms with van der Waals surface area (Å²) < 4.78 is 0. The van der Waals surface area contributed by atoms with Crippen LogP contribution in [0.2, 0.25) is 0 Å². The highest BCUT2D eigenvalue weighted by Gasteiger charge is 2.20. The smallest absolute Gasteiger partial charge is 0.191 e. The van der Waals surface area contributed by atoms with E-state index in [0.29, 0.717) is 12.6 Å². The second-order valence-corrected chi connectivity index (χ2v) is 8.69. The summed E-state index contributed by atoms with van der Waals surface area (Å²) in [6.07, 6.45) is 6.72. The van der Waals surface area contributed by atoms with E-state index in [0.717, 1.165) is 57.3 Å². The van der Waals surface area contributed by atoms with Gasteiger partial charge in [-0.3, -0.25) is 0 Å². The highest BCUT2D eigenvalue weighted by atomic mass is 32.1. The van der Waals surface area contributed by atoms with Crippen LogP contribution < -0.4 is 20.4 Å². The Morgan fingerprint density at radius 1 is 1.17 bits per heavy atom. The summed E-state index contributed by atoms with van der Waals surface area (Å²) in [5, 5.41) is 10.6. The van der Waals surface area contributed by atoms with E-state index in [4.69, 9.17) is 4.99 Å². The van der Waals surface area contributed by atoms with Gasteiger partial charge in [0.05, 0.1) is 11.5 Å². The van der Waals surface area contributed by atoms with Gasteiger partial charge in [0.15, 0.2) is 5.96 Å². The fourth-order valence-electron chi connectivity index (χ4n) is 4.06. The maximum Gasteiger partial charge on any atom is 0.191 e. The molecule has 0 unspecified atom stereocenters. The van der Waals surface area contributed by atoms with Gasteiger partial charge < -0.3 is 20.4 Å². The molecule has 0 aromatic carbocycles. The molecule has 6 nitrogen and oxygen atoms in total. The second-order valence-electron chi connectivity index (χ2n) is 7.77. The van der Waals surface area contributed by atoms with Gasteiger partial charge >= 0.3 is 0 Å². The molecule has 0 aliphatic carbocycles. The van der Waals surface area contributed by atoms with Crippen molar-refractivity contribution in [3.63, 3.8) is 0 Å². The lowest BCUT2D eigenvalue weighted by Gasteiger charge is -2.33. The topological polar surface area (TPSA) is 55.8 Å². The van der Waals surface area contributed by atoms with Crippen LogP contribution in [0.15, 0.2) is 40.8 Å². The molecule has 4 heterocycles. The lowest BCUT2D eigenvalue weighted by atomic mass is 10.1. The number of rotatable bonds is 6. The molecule has 4 rings (SSSR count). The SMILES string of the molecule is CCNC(=NCc1ccnc(N2CCCC2)c1)NC1CCN(c2cccs2)CC1. The zero-order valence-electron chi connectivity index (χ0n) is 17.3. The minimum Gasteiger partial charge on any atom is -0.363 e. The van der Waals surface area contributed by atoms with Crippen LogP contribution >= 0.6 is 11.3 Å². The van der Waals surface area contributed by atoms with Gasteiger partial charge in [0.1, 0.15) is 5.82 Å². The van der Waals surface area contributed by atoms with Crippen LogP contribution in [0.5, 0.6) is 0 Å². The van der Waals surface area contributed by atoms with Gasteiger partial charge in [-0.2, -0.15) is 0 Å². The van der Waals surface area contributed by atoms with Crippen LogP contribution in [0.25, 0.3) is 0 Å². The van der Waals surface area contributed by atoms with Crippen molar-refractivity contribution in [3.8, 4) is 0 Å². The Balaban J connectivity index is 1.33. The van der Waals surface area contributed by atoms with Crippen molar-refractivity contribution in [1.82, 2.24) is 15.6 Å². The van der Waals surface area contributed by atoms with Crippen LogP contribution in [-0.4, -0.2) is 49.7 Å². The van der Waals surface area contributed by atoms with E-state index in [1.54, 1.807) is 0 Å². The average molecular weight is 413 g/mol. The zero-order chi connectivity index (χ0) is 19.9. The molecule has 0 saturated carbocycles. The number of nitrogens with zero attached hydrogens (tertiary/aromatic N) is 4. The minimum absolute atomic E-state index is 0.474. The van der Waals surface area contributed by atoms with Gasteiger partial charge in [0, 0.05) is 45.0 Å². The first-order valence-corrected chi connectivity index (χ1v) is 11.7. The van der Waals surface area contributed by atoms with Crippen LogP contribution in [0.3, 0.4) is 0 Å². The number of nitrogens with one attached hydrogen (secondary N) is 2.